The van der Waals surface area contributed by atoms with Crippen molar-refractivity contribution >= 4 is 50.3 Å². The maximum absolute atomic E-state index is 13.7. The first-order valence-electron chi connectivity index (χ1n) is 26.7. The molecule has 0 aromatic heterocycles. The Kier molecular flexibility index (Phi) is 42.8. The summed E-state index contributed by atoms with van der Waals surface area (Å²) in [6.45, 7) is 18.2. The van der Waals surface area contributed by atoms with Gasteiger partial charge in [0.15, 0.2) is 0 Å². The predicted molar refractivity (Wildman–Crippen MR) is 263 cm³/mol. The second-order valence-electron chi connectivity index (χ2n) is 19.6. The Morgan fingerprint density at radius 1 is 0.339 bits per heavy atom. The van der Waals surface area contributed by atoms with Crippen LogP contribution in [0.1, 0.15) is 287 Å². The van der Waals surface area contributed by atoms with Crippen LogP contribution in [0.3, 0.4) is 0 Å². The molecule has 0 unspecified atom stereocenters. The molecule has 0 atom stereocenters. The van der Waals surface area contributed by atoms with Gasteiger partial charge in [0.2, 0.25) is 0 Å². The van der Waals surface area contributed by atoms with Gasteiger partial charge in [0.05, 0.1) is 0 Å². The molecule has 352 valence electrons. The van der Waals surface area contributed by atoms with Gasteiger partial charge in [0, 0.05) is 0 Å². The molecule has 0 N–H and O–H groups in total. The number of rotatable bonds is 46. The second-order valence-corrected chi connectivity index (χ2v) is 41.4. The van der Waals surface area contributed by atoms with E-state index >= 15 is 0 Å². The molecule has 0 aliphatic carbocycles. The summed E-state index contributed by atoms with van der Waals surface area (Å²) in [7, 11) is 0. The van der Waals surface area contributed by atoms with E-state index in [0.29, 0.717) is 12.8 Å². The first-order chi connectivity index (χ1) is 28.6. The summed E-state index contributed by atoms with van der Waals surface area (Å²) in [6.07, 6.45) is 43.2. The van der Waals surface area contributed by atoms with Crippen LogP contribution in [-0.4, -0.2) is 50.3 Å². The Balaban J connectivity index is 5.07. The molecular weight excluding hydrogens is 942 g/mol. The summed E-state index contributed by atoms with van der Waals surface area (Å²) >= 11 is -7.85. The van der Waals surface area contributed by atoms with Gasteiger partial charge < -0.3 is 0 Å². The number of carbonyl (C=O) groups is 2. The third-order valence-electron chi connectivity index (χ3n) is 12.4. The van der Waals surface area contributed by atoms with E-state index in [-0.39, 0.29) is 11.9 Å². The van der Waals surface area contributed by atoms with Crippen LogP contribution in [-0.2, 0) is 17.1 Å². The van der Waals surface area contributed by atoms with E-state index in [0.717, 1.165) is 107 Å². The van der Waals surface area contributed by atoms with Crippen molar-refractivity contribution in [2.24, 2.45) is 11.8 Å². The predicted octanol–water partition coefficient (Wildman–Crippen LogP) is 18.4. The van der Waals surface area contributed by atoms with Crippen LogP contribution in [0.5, 0.6) is 0 Å². The van der Waals surface area contributed by atoms with Gasteiger partial charge in [-0.25, -0.2) is 0 Å². The minimum atomic E-state index is -3.92. The van der Waals surface area contributed by atoms with Crippen molar-refractivity contribution in [2.45, 2.75) is 304 Å². The Morgan fingerprint density at radius 2 is 0.559 bits per heavy atom. The molecule has 0 amide bonds. The number of hydrogen-bond acceptors (Lipinski definition) is 5. The summed E-state index contributed by atoms with van der Waals surface area (Å²) in [5.41, 5.74) is 0. The van der Waals surface area contributed by atoms with Crippen molar-refractivity contribution < 1.29 is 17.1 Å². The van der Waals surface area contributed by atoms with Crippen LogP contribution in [0.4, 0.5) is 0 Å². The first kappa shape index (κ1) is 59.5. The number of unbranched alkanes of at least 4 members (excludes halogenated alkanes) is 26. The molecule has 0 saturated heterocycles. The van der Waals surface area contributed by atoms with Crippen molar-refractivity contribution in [1.82, 2.24) is 0 Å². The molecule has 0 fully saturated rings. The molecular formula is C52H106O5Sn2. The van der Waals surface area contributed by atoms with E-state index in [1.54, 1.807) is 0 Å². The number of carbonyl (C=O) groups excluding carboxylic acids is 2. The Bertz CT molecular complexity index is 837. The van der Waals surface area contributed by atoms with E-state index in [1.165, 1.54) is 141 Å². The minimum Gasteiger partial charge on any atom is -0.0628 e. The molecule has 0 aromatic rings. The fourth-order valence-electron chi connectivity index (χ4n) is 8.52. The van der Waals surface area contributed by atoms with Gasteiger partial charge in [0.1, 0.15) is 0 Å². The van der Waals surface area contributed by atoms with Gasteiger partial charge in [-0.05, 0) is 11.8 Å². The van der Waals surface area contributed by atoms with Crippen LogP contribution in [0.25, 0.3) is 0 Å². The van der Waals surface area contributed by atoms with Crippen LogP contribution in [0.15, 0.2) is 0 Å². The molecule has 5 nitrogen and oxygen atoms in total. The van der Waals surface area contributed by atoms with Crippen molar-refractivity contribution in [3.05, 3.63) is 0 Å². The Hall–Kier alpha value is 0.497. The van der Waals surface area contributed by atoms with Crippen molar-refractivity contribution in [2.75, 3.05) is 0 Å². The monoisotopic (exact) mass is 1050 g/mol. The molecule has 7 heteroatoms. The molecule has 0 aliphatic rings. The second kappa shape index (κ2) is 42.4. The van der Waals surface area contributed by atoms with E-state index in [4.69, 9.17) is 7.56 Å². The average molecular weight is 1050 g/mol. The Labute approximate surface area is 380 Å². The van der Waals surface area contributed by atoms with Gasteiger partial charge in [0.25, 0.3) is 0 Å². The van der Waals surface area contributed by atoms with Crippen molar-refractivity contribution in [3.63, 3.8) is 0 Å². The van der Waals surface area contributed by atoms with E-state index in [2.05, 4.69) is 55.4 Å². The zero-order valence-electron chi connectivity index (χ0n) is 41.5. The zero-order chi connectivity index (χ0) is 43.7. The SMILES string of the molecule is CCC[CH2][Sn]([CH2]CCC)([O]C(=O)CCCCCCCCCCCCCCC(C)C)[O][Sn]([CH2]CCC)([CH2]CCC)[O]C(=O)CCCCCCCCCCCCCCC(C)C. The molecule has 0 saturated carbocycles. The maximum atomic E-state index is 13.7. The normalized spacial score (nSPS) is 12.2. The summed E-state index contributed by atoms with van der Waals surface area (Å²) < 4.78 is 24.7. The minimum absolute atomic E-state index is 0.0315. The van der Waals surface area contributed by atoms with Crippen molar-refractivity contribution in [1.29, 1.82) is 0 Å². The molecule has 0 bridgehead atoms. The first-order valence-corrected chi connectivity index (χ1v) is 39.4. The molecule has 0 spiro atoms. The number of hydrogen-bond donors (Lipinski definition) is 0. The van der Waals surface area contributed by atoms with Gasteiger partial charge in [-0.1, -0.05) is 79.1 Å². The summed E-state index contributed by atoms with van der Waals surface area (Å²) in [5, 5.41) is 0. The van der Waals surface area contributed by atoms with Crippen LogP contribution in [0, 0.1) is 11.8 Å². The molecule has 0 radical (unpaired) electrons. The fourth-order valence-corrected chi connectivity index (χ4v) is 50.0. The third kappa shape index (κ3) is 37.6. The van der Waals surface area contributed by atoms with Gasteiger partial charge in [-0.3, -0.25) is 0 Å². The molecule has 59 heavy (non-hydrogen) atoms. The summed E-state index contributed by atoms with van der Waals surface area (Å²) in [6, 6.07) is 0. The van der Waals surface area contributed by atoms with Crippen molar-refractivity contribution in [3.8, 4) is 0 Å². The molecule has 0 aromatic carbocycles. The quantitative estimate of drug-likeness (QED) is 0.0449. The van der Waals surface area contributed by atoms with Gasteiger partial charge >= 0.3 is 293 Å². The van der Waals surface area contributed by atoms with Gasteiger partial charge in [-0.2, -0.15) is 0 Å². The molecule has 0 heterocycles. The average Bonchev–Trinajstić information content (AvgIpc) is 3.20. The van der Waals surface area contributed by atoms with Crippen LogP contribution < -0.4 is 0 Å². The van der Waals surface area contributed by atoms with Crippen LogP contribution >= 0.6 is 0 Å². The summed E-state index contributed by atoms with van der Waals surface area (Å²) in [5.74, 6) is 1.63. The zero-order valence-corrected chi connectivity index (χ0v) is 47.2. The van der Waals surface area contributed by atoms with Crippen LogP contribution in [0.2, 0.25) is 17.7 Å². The van der Waals surface area contributed by atoms with E-state index in [1.807, 2.05) is 0 Å². The van der Waals surface area contributed by atoms with E-state index < -0.39 is 38.4 Å². The Morgan fingerprint density at radius 3 is 0.780 bits per heavy atom. The molecule has 0 aliphatic heterocycles. The summed E-state index contributed by atoms with van der Waals surface area (Å²) in [4.78, 5) is 27.4. The standard InChI is InChI=1S/2C18H36O2.4C4H9.O.2Sn/c2*1-17(2)15-13-11-9-7-5-3-4-6-8-10-12-14-16-18(19)20;4*1-3-4-2;;;/h2*17H,3-16H2,1-2H3,(H,19,20);4*1,3-4H2,2H3;;;/q;;;;;;;2*+1/p-2. The topological polar surface area (TPSA) is 61.8 Å². The fraction of sp³-hybridized carbons (Fsp3) is 0.962. The third-order valence-corrected chi connectivity index (χ3v) is 45.0. The van der Waals surface area contributed by atoms with Gasteiger partial charge in [-0.15, -0.1) is 0 Å². The smallest absolute Gasteiger partial charge is 0.0628 e. The molecule has 0 rings (SSSR count). The van der Waals surface area contributed by atoms with E-state index in [9.17, 15) is 9.59 Å².